The van der Waals surface area contributed by atoms with Crippen molar-refractivity contribution in [3.05, 3.63) is 65.4 Å². The van der Waals surface area contributed by atoms with Crippen LogP contribution in [-0.2, 0) is 6.61 Å². The van der Waals surface area contributed by atoms with E-state index in [1.807, 2.05) is 37.3 Å². The smallest absolute Gasteiger partial charge is 0.335 e. The van der Waals surface area contributed by atoms with Gasteiger partial charge in [0, 0.05) is 5.39 Å². The molecule has 0 bridgehead atoms. The van der Waals surface area contributed by atoms with E-state index in [0.29, 0.717) is 18.0 Å². The van der Waals surface area contributed by atoms with Crippen LogP contribution in [0.25, 0.3) is 11.0 Å². The number of hydrogen-bond acceptors (Lipinski definition) is 3. The van der Waals surface area contributed by atoms with Crippen molar-refractivity contribution in [2.24, 2.45) is 0 Å². The highest BCUT2D eigenvalue weighted by atomic mass is 16.5. The quantitative estimate of drug-likeness (QED) is 0.785. The van der Waals surface area contributed by atoms with Crippen molar-refractivity contribution in [3.63, 3.8) is 0 Å². The molecule has 3 rings (SSSR count). The first-order valence-corrected chi connectivity index (χ1v) is 6.57. The van der Waals surface area contributed by atoms with Crippen LogP contribution in [0.5, 0.6) is 5.75 Å². The molecule has 0 saturated heterocycles. The van der Waals surface area contributed by atoms with Crippen molar-refractivity contribution in [3.8, 4) is 5.75 Å². The molecule has 0 atom stereocenters. The van der Waals surface area contributed by atoms with Gasteiger partial charge in [0.1, 0.15) is 23.7 Å². The zero-order valence-corrected chi connectivity index (χ0v) is 11.5. The van der Waals surface area contributed by atoms with Crippen LogP contribution in [0.2, 0.25) is 0 Å². The Morgan fingerprint density at radius 3 is 2.81 bits per heavy atom. The number of furan rings is 1. The molecular formula is C17H14O4. The van der Waals surface area contributed by atoms with E-state index in [1.165, 1.54) is 6.07 Å². The van der Waals surface area contributed by atoms with E-state index >= 15 is 0 Å². The summed E-state index contributed by atoms with van der Waals surface area (Å²) in [6, 6.07) is 14.4. The number of aromatic carboxylic acids is 1. The number of carbonyl (C=O) groups is 1. The van der Waals surface area contributed by atoms with E-state index in [1.54, 1.807) is 12.1 Å². The lowest BCUT2D eigenvalue weighted by Crippen LogP contribution is -1.94. The molecule has 21 heavy (non-hydrogen) atoms. The minimum absolute atomic E-state index is 0.211. The summed E-state index contributed by atoms with van der Waals surface area (Å²) in [7, 11) is 0. The fourth-order valence-corrected chi connectivity index (χ4v) is 2.15. The largest absolute Gasteiger partial charge is 0.486 e. The number of rotatable bonds is 4. The Morgan fingerprint density at radius 2 is 2.05 bits per heavy atom. The second kappa shape index (κ2) is 5.32. The first-order chi connectivity index (χ1) is 10.1. The van der Waals surface area contributed by atoms with Crippen molar-refractivity contribution < 1.29 is 19.1 Å². The summed E-state index contributed by atoms with van der Waals surface area (Å²) in [5.74, 6) is 0.474. The molecule has 0 spiro atoms. The van der Waals surface area contributed by atoms with Crippen molar-refractivity contribution in [2.75, 3.05) is 0 Å². The van der Waals surface area contributed by atoms with Crippen LogP contribution in [0.1, 0.15) is 21.7 Å². The summed E-state index contributed by atoms with van der Waals surface area (Å²) in [5, 5.41) is 9.83. The molecule has 0 radical (unpaired) electrons. The zero-order chi connectivity index (χ0) is 14.8. The molecule has 0 amide bonds. The minimum Gasteiger partial charge on any atom is -0.486 e. The van der Waals surface area contributed by atoms with E-state index in [0.717, 1.165) is 16.7 Å². The van der Waals surface area contributed by atoms with Crippen molar-refractivity contribution in [1.82, 2.24) is 0 Å². The average molecular weight is 282 g/mol. The van der Waals surface area contributed by atoms with E-state index < -0.39 is 5.97 Å². The van der Waals surface area contributed by atoms with E-state index in [4.69, 9.17) is 14.3 Å². The van der Waals surface area contributed by atoms with Gasteiger partial charge in [-0.1, -0.05) is 18.2 Å². The third kappa shape index (κ3) is 2.89. The SMILES string of the molecule is Cc1cccc(OCc2cc3ccc(C(=O)O)cc3o2)c1. The first kappa shape index (κ1) is 13.2. The van der Waals surface area contributed by atoms with Gasteiger partial charge >= 0.3 is 5.97 Å². The summed E-state index contributed by atoms with van der Waals surface area (Å²) in [6.07, 6.45) is 0. The van der Waals surface area contributed by atoms with Gasteiger partial charge in [0.2, 0.25) is 0 Å². The molecule has 106 valence electrons. The molecule has 0 saturated carbocycles. The van der Waals surface area contributed by atoms with E-state index in [9.17, 15) is 4.79 Å². The summed E-state index contributed by atoms with van der Waals surface area (Å²) in [5.41, 5.74) is 1.89. The summed E-state index contributed by atoms with van der Waals surface area (Å²) >= 11 is 0. The van der Waals surface area contributed by atoms with Crippen LogP contribution in [-0.4, -0.2) is 11.1 Å². The Morgan fingerprint density at radius 1 is 1.19 bits per heavy atom. The highest BCUT2D eigenvalue weighted by molar-refractivity contribution is 5.92. The van der Waals surface area contributed by atoms with E-state index in [2.05, 4.69) is 0 Å². The Bertz CT molecular complexity index is 801. The number of hydrogen-bond donors (Lipinski definition) is 1. The maximum Gasteiger partial charge on any atom is 0.335 e. The predicted octanol–water partition coefficient (Wildman–Crippen LogP) is 4.02. The molecule has 1 aromatic heterocycles. The van der Waals surface area contributed by atoms with Gasteiger partial charge in [0.15, 0.2) is 0 Å². The Balaban J connectivity index is 1.80. The van der Waals surface area contributed by atoms with Gasteiger partial charge in [-0.15, -0.1) is 0 Å². The fraction of sp³-hybridized carbons (Fsp3) is 0.118. The normalized spacial score (nSPS) is 10.7. The molecule has 3 aromatic rings. The number of carboxylic acids is 1. The highest BCUT2D eigenvalue weighted by Crippen LogP contribution is 2.22. The first-order valence-electron chi connectivity index (χ1n) is 6.57. The standard InChI is InChI=1S/C17H14O4/c1-11-3-2-4-14(7-11)20-10-15-8-12-5-6-13(17(18)19)9-16(12)21-15/h2-9H,10H2,1H3,(H,18,19). The van der Waals surface area contributed by atoms with Crippen LogP contribution in [0.15, 0.2) is 52.9 Å². The molecule has 4 heteroatoms. The van der Waals surface area contributed by atoms with Crippen LogP contribution in [0.4, 0.5) is 0 Å². The molecule has 0 aliphatic heterocycles. The molecular weight excluding hydrogens is 268 g/mol. The van der Waals surface area contributed by atoms with Gasteiger partial charge in [0.25, 0.3) is 0 Å². The maximum atomic E-state index is 10.9. The van der Waals surface area contributed by atoms with Gasteiger partial charge in [-0.25, -0.2) is 4.79 Å². The zero-order valence-electron chi connectivity index (χ0n) is 11.5. The van der Waals surface area contributed by atoms with Crippen molar-refractivity contribution >= 4 is 16.9 Å². The van der Waals surface area contributed by atoms with Gasteiger partial charge in [0.05, 0.1) is 5.56 Å². The molecule has 0 unspecified atom stereocenters. The Kier molecular flexibility index (Phi) is 3.36. The molecule has 0 aliphatic rings. The molecule has 2 aromatic carbocycles. The molecule has 0 aliphatic carbocycles. The fourth-order valence-electron chi connectivity index (χ4n) is 2.15. The Hall–Kier alpha value is -2.75. The summed E-state index contributed by atoms with van der Waals surface area (Å²) in [4.78, 5) is 10.9. The number of ether oxygens (including phenoxy) is 1. The lowest BCUT2D eigenvalue weighted by molar-refractivity contribution is 0.0697. The molecule has 1 N–H and O–H groups in total. The third-order valence-electron chi connectivity index (χ3n) is 3.19. The average Bonchev–Trinajstić information content (AvgIpc) is 2.87. The topological polar surface area (TPSA) is 59.7 Å². The Labute approximate surface area is 121 Å². The molecule has 4 nitrogen and oxygen atoms in total. The number of aryl methyl sites for hydroxylation is 1. The van der Waals surface area contributed by atoms with Crippen LogP contribution in [0.3, 0.4) is 0 Å². The number of fused-ring (bicyclic) bond motifs is 1. The third-order valence-corrected chi connectivity index (χ3v) is 3.19. The highest BCUT2D eigenvalue weighted by Gasteiger charge is 2.08. The second-order valence-corrected chi connectivity index (χ2v) is 4.88. The van der Waals surface area contributed by atoms with Crippen molar-refractivity contribution in [1.29, 1.82) is 0 Å². The van der Waals surface area contributed by atoms with E-state index in [-0.39, 0.29) is 5.56 Å². The number of benzene rings is 2. The maximum absolute atomic E-state index is 10.9. The second-order valence-electron chi connectivity index (χ2n) is 4.88. The number of carboxylic acid groups (broad SMARTS) is 1. The monoisotopic (exact) mass is 282 g/mol. The van der Waals surface area contributed by atoms with Gasteiger partial charge in [-0.05, 0) is 42.8 Å². The van der Waals surface area contributed by atoms with Crippen LogP contribution in [0, 0.1) is 6.92 Å². The lowest BCUT2D eigenvalue weighted by atomic mass is 10.2. The molecule has 1 heterocycles. The van der Waals surface area contributed by atoms with Crippen molar-refractivity contribution in [2.45, 2.75) is 13.5 Å². The van der Waals surface area contributed by atoms with Crippen LogP contribution >= 0.6 is 0 Å². The predicted molar refractivity (Wildman–Crippen MR) is 78.7 cm³/mol. The van der Waals surface area contributed by atoms with Gasteiger partial charge < -0.3 is 14.3 Å². The lowest BCUT2D eigenvalue weighted by Gasteiger charge is -2.04. The van der Waals surface area contributed by atoms with Gasteiger partial charge in [-0.2, -0.15) is 0 Å². The van der Waals surface area contributed by atoms with Gasteiger partial charge in [-0.3, -0.25) is 0 Å². The molecule has 0 fully saturated rings. The minimum atomic E-state index is -0.967. The summed E-state index contributed by atoms with van der Waals surface area (Å²) < 4.78 is 11.3. The summed E-state index contributed by atoms with van der Waals surface area (Å²) in [6.45, 7) is 2.31. The van der Waals surface area contributed by atoms with Crippen LogP contribution < -0.4 is 4.74 Å².